The van der Waals surface area contributed by atoms with Crippen LogP contribution >= 0.6 is 0 Å². The Morgan fingerprint density at radius 2 is 2.10 bits per heavy atom. The Balaban J connectivity index is 1.19. The van der Waals surface area contributed by atoms with Gasteiger partial charge in [0.1, 0.15) is 12.2 Å². The summed E-state index contributed by atoms with van der Waals surface area (Å²) in [6.07, 6.45) is 7.16. The van der Waals surface area contributed by atoms with Crippen LogP contribution in [-0.4, -0.2) is 93.9 Å². The number of benzene rings is 1. The standard InChI is InChI=1S/C36H41N9O5/c1-20(32-27(47-3)10-14-44(32)2)49-29-17-28(45-15-9-26(42-45)35(46)39-22-11-16-48-19-22)40-34(41-29)31-23-5-4-12-36(33(23)50-43-31)13-8-21-6-7-25(38)24(18-37)30(21)36/h6-7,9,15,17,20,22,27,32H,4-5,8,10-14,16,19,38H2,1-3H3,(H,39,46)/t20-,22-,27-,32+,36-/m0/s1. The zero-order valence-electron chi connectivity index (χ0n) is 28.5. The molecule has 2 aliphatic carbocycles. The van der Waals surface area contributed by atoms with Crippen molar-refractivity contribution in [2.45, 2.75) is 81.6 Å². The van der Waals surface area contributed by atoms with Gasteiger partial charge in [0.25, 0.3) is 5.91 Å². The molecule has 1 amide bonds. The molecule has 2 saturated heterocycles. The van der Waals surface area contributed by atoms with E-state index in [1.165, 1.54) is 0 Å². The number of amides is 1. The number of fused-ring (bicyclic) bond motifs is 4. The molecule has 8 rings (SSSR count). The lowest BCUT2D eigenvalue weighted by Gasteiger charge is -2.33. The van der Waals surface area contributed by atoms with Gasteiger partial charge in [0.15, 0.2) is 28.8 Å². The lowest BCUT2D eigenvalue weighted by molar-refractivity contribution is 0.0174. The molecule has 0 radical (unpaired) electrons. The normalized spacial score (nSPS) is 25.0. The van der Waals surface area contributed by atoms with Crippen LogP contribution in [0.5, 0.6) is 5.88 Å². The summed E-state index contributed by atoms with van der Waals surface area (Å²) in [6.45, 7) is 4.03. The van der Waals surface area contributed by atoms with Crippen molar-refractivity contribution in [1.82, 2.24) is 35.1 Å². The van der Waals surface area contributed by atoms with E-state index < -0.39 is 5.41 Å². The number of likely N-dealkylation sites (N-methyl/N-ethyl adjacent to an activating group) is 1. The van der Waals surface area contributed by atoms with Crippen molar-refractivity contribution in [2.24, 2.45) is 0 Å². The summed E-state index contributed by atoms with van der Waals surface area (Å²) in [6, 6.07) is 9.57. The number of aromatic nitrogens is 5. The number of nitrogens with two attached hydrogens (primary N) is 1. The Labute approximate surface area is 289 Å². The van der Waals surface area contributed by atoms with Crippen molar-refractivity contribution in [3.8, 4) is 29.3 Å². The summed E-state index contributed by atoms with van der Waals surface area (Å²) in [5, 5.41) is 22.3. The van der Waals surface area contributed by atoms with Crippen molar-refractivity contribution >= 4 is 11.6 Å². The first kappa shape index (κ1) is 32.4. The number of likely N-dealkylation sites (tertiary alicyclic amines) is 1. The Morgan fingerprint density at radius 3 is 2.90 bits per heavy atom. The van der Waals surface area contributed by atoms with E-state index in [4.69, 9.17) is 34.4 Å². The molecule has 14 heteroatoms. The van der Waals surface area contributed by atoms with Gasteiger partial charge in [0, 0.05) is 43.8 Å². The number of nitrogens with one attached hydrogen (secondary N) is 1. The molecule has 5 heterocycles. The number of carbonyl (C=O) groups excluding carboxylic acids is 1. The van der Waals surface area contributed by atoms with E-state index in [2.05, 4.69) is 33.6 Å². The van der Waals surface area contributed by atoms with Gasteiger partial charge in [-0.1, -0.05) is 11.2 Å². The van der Waals surface area contributed by atoms with Crippen LogP contribution in [0.2, 0.25) is 0 Å². The summed E-state index contributed by atoms with van der Waals surface area (Å²) in [4.78, 5) is 25.1. The second kappa shape index (κ2) is 12.8. The molecule has 1 aromatic carbocycles. The SMILES string of the molecule is CO[C@H]1CCN(C)[C@@H]1[C@H](C)Oc1cc(-n2ccc(C(=O)N[C@H]3CCOC3)n2)nc(-c2noc3c2CCC[C@@]32CCc3ccc(N)c(C#N)c32)n1. The molecule has 4 aliphatic rings. The minimum absolute atomic E-state index is 0.0188. The number of nitriles is 1. The topological polar surface area (TPSA) is 179 Å². The lowest BCUT2D eigenvalue weighted by Crippen LogP contribution is -2.44. The fourth-order valence-corrected chi connectivity index (χ4v) is 8.55. The highest BCUT2D eigenvalue weighted by molar-refractivity contribution is 5.92. The number of hydrogen-bond acceptors (Lipinski definition) is 12. The monoisotopic (exact) mass is 679 g/mol. The maximum absolute atomic E-state index is 13.0. The summed E-state index contributed by atoms with van der Waals surface area (Å²) < 4.78 is 25.5. The fourth-order valence-electron chi connectivity index (χ4n) is 8.55. The van der Waals surface area contributed by atoms with Gasteiger partial charge in [-0.3, -0.25) is 9.69 Å². The molecule has 50 heavy (non-hydrogen) atoms. The number of nitrogens with zero attached hydrogens (tertiary/aromatic N) is 7. The van der Waals surface area contributed by atoms with Crippen LogP contribution < -0.4 is 15.8 Å². The van der Waals surface area contributed by atoms with Crippen molar-refractivity contribution in [3.63, 3.8) is 0 Å². The summed E-state index contributed by atoms with van der Waals surface area (Å²) >= 11 is 0. The molecule has 260 valence electrons. The Kier molecular flexibility index (Phi) is 8.29. The number of carbonyl (C=O) groups is 1. The fraction of sp³-hybridized carbons (Fsp3) is 0.500. The van der Waals surface area contributed by atoms with E-state index in [1.807, 2.05) is 19.1 Å². The third-order valence-corrected chi connectivity index (χ3v) is 11.0. The quantitative estimate of drug-likeness (QED) is 0.260. The Morgan fingerprint density at radius 1 is 1.22 bits per heavy atom. The second-order valence-electron chi connectivity index (χ2n) is 13.9. The molecular weight excluding hydrogens is 638 g/mol. The maximum Gasteiger partial charge on any atom is 0.272 e. The van der Waals surface area contributed by atoms with Crippen LogP contribution in [0, 0.1) is 11.3 Å². The summed E-state index contributed by atoms with van der Waals surface area (Å²) in [7, 11) is 3.80. The van der Waals surface area contributed by atoms with E-state index in [0.717, 1.165) is 73.9 Å². The molecule has 0 saturated carbocycles. The van der Waals surface area contributed by atoms with Crippen LogP contribution in [-0.2, 0) is 27.7 Å². The Bertz CT molecular complexity index is 1980. The van der Waals surface area contributed by atoms with Crippen LogP contribution in [0.3, 0.4) is 0 Å². The molecule has 1 spiro atoms. The van der Waals surface area contributed by atoms with Gasteiger partial charge in [0.2, 0.25) is 5.88 Å². The number of nitrogen functional groups attached to an aromatic ring is 1. The first-order chi connectivity index (χ1) is 24.3. The van der Waals surface area contributed by atoms with Crippen molar-refractivity contribution in [3.05, 3.63) is 64.2 Å². The van der Waals surface area contributed by atoms with Gasteiger partial charge in [-0.15, -0.1) is 0 Å². The number of hydrogen-bond donors (Lipinski definition) is 2. The van der Waals surface area contributed by atoms with Crippen LogP contribution in [0.4, 0.5) is 5.69 Å². The highest BCUT2D eigenvalue weighted by Crippen LogP contribution is 2.54. The zero-order valence-corrected chi connectivity index (χ0v) is 28.5. The summed E-state index contributed by atoms with van der Waals surface area (Å²) in [5.41, 5.74) is 10.6. The van der Waals surface area contributed by atoms with E-state index in [0.29, 0.717) is 47.7 Å². The largest absolute Gasteiger partial charge is 0.473 e. The second-order valence-corrected chi connectivity index (χ2v) is 13.9. The van der Waals surface area contributed by atoms with Gasteiger partial charge in [-0.25, -0.2) is 9.67 Å². The molecule has 5 atom stereocenters. The van der Waals surface area contributed by atoms with Gasteiger partial charge in [-0.2, -0.15) is 15.3 Å². The molecule has 2 aliphatic heterocycles. The molecule has 14 nitrogen and oxygen atoms in total. The average Bonchev–Trinajstić information content (AvgIpc) is 3.96. The zero-order chi connectivity index (χ0) is 34.6. The predicted molar refractivity (Wildman–Crippen MR) is 181 cm³/mol. The van der Waals surface area contributed by atoms with Gasteiger partial charge >= 0.3 is 0 Å². The average molecular weight is 680 g/mol. The predicted octanol–water partition coefficient (Wildman–Crippen LogP) is 3.34. The third kappa shape index (κ3) is 5.40. The molecule has 3 aromatic heterocycles. The van der Waals surface area contributed by atoms with Gasteiger partial charge < -0.3 is 29.8 Å². The molecule has 2 fully saturated rings. The lowest BCUT2D eigenvalue weighted by atomic mass is 9.68. The van der Waals surface area contributed by atoms with E-state index >= 15 is 0 Å². The van der Waals surface area contributed by atoms with Crippen LogP contribution in [0.25, 0.3) is 17.3 Å². The van der Waals surface area contributed by atoms with Crippen LogP contribution in [0.1, 0.15) is 77.5 Å². The van der Waals surface area contributed by atoms with Crippen molar-refractivity contribution in [2.75, 3.05) is 39.6 Å². The minimum Gasteiger partial charge on any atom is -0.473 e. The first-order valence-corrected chi connectivity index (χ1v) is 17.3. The van der Waals surface area contributed by atoms with E-state index in [-0.39, 0.29) is 35.9 Å². The van der Waals surface area contributed by atoms with E-state index in [9.17, 15) is 10.1 Å². The molecular formula is C36H41N9O5. The highest BCUT2D eigenvalue weighted by Gasteiger charge is 2.49. The van der Waals surface area contributed by atoms with Gasteiger partial charge in [-0.05, 0) is 82.2 Å². The molecule has 0 unspecified atom stereocenters. The number of anilines is 1. The molecule has 4 aromatic rings. The molecule has 3 N–H and O–H groups in total. The Hall–Kier alpha value is -4.84. The third-order valence-electron chi connectivity index (χ3n) is 11.0. The van der Waals surface area contributed by atoms with Crippen molar-refractivity contribution < 1.29 is 23.5 Å². The number of methoxy groups -OCH3 is 1. The van der Waals surface area contributed by atoms with Gasteiger partial charge in [0.05, 0.1) is 35.8 Å². The first-order valence-electron chi connectivity index (χ1n) is 17.3. The number of ether oxygens (including phenoxy) is 3. The minimum atomic E-state index is -0.503. The van der Waals surface area contributed by atoms with E-state index in [1.54, 1.807) is 30.1 Å². The highest BCUT2D eigenvalue weighted by atomic mass is 16.5. The van der Waals surface area contributed by atoms with Crippen LogP contribution in [0.15, 0.2) is 35.0 Å². The smallest absolute Gasteiger partial charge is 0.272 e. The number of aryl methyl sites for hydroxylation is 1. The maximum atomic E-state index is 13.0. The summed E-state index contributed by atoms with van der Waals surface area (Å²) in [5.74, 6) is 1.54. The number of rotatable bonds is 8. The molecule has 0 bridgehead atoms. The van der Waals surface area contributed by atoms with Crippen molar-refractivity contribution in [1.29, 1.82) is 5.26 Å².